The minimum absolute atomic E-state index is 0.0553. The summed E-state index contributed by atoms with van der Waals surface area (Å²) in [5.74, 6) is -22.6. The molecular formula is C8H12F6O3. The third kappa shape index (κ3) is 2.83. The molecule has 0 spiro atoms. The Kier molecular flexibility index (Phi) is 4.47. The van der Waals surface area contributed by atoms with Gasteiger partial charge in [-0.25, -0.2) is 0 Å². The molecule has 0 heterocycles. The van der Waals surface area contributed by atoms with E-state index in [0.717, 1.165) is 0 Å². The summed E-state index contributed by atoms with van der Waals surface area (Å²) in [4.78, 5) is 0. The summed E-state index contributed by atoms with van der Waals surface area (Å²) in [7, 11) is 0. The molecule has 0 aliphatic rings. The second kappa shape index (κ2) is 4.62. The van der Waals surface area contributed by atoms with Gasteiger partial charge in [-0.05, 0) is 6.42 Å². The van der Waals surface area contributed by atoms with Crippen LogP contribution < -0.4 is 0 Å². The van der Waals surface area contributed by atoms with Gasteiger partial charge in [0.05, 0.1) is 0 Å². The number of hydrogen-bond acceptors (Lipinski definition) is 3. The number of halogens is 6. The lowest BCUT2D eigenvalue weighted by atomic mass is 9.98. The molecule has 0 aliphatic carbocycles. The highest BCUT2D eigenvalue weighted by Gasteiger charge is 2.78. The first kappa shape index (κ1) is 16.5. The van der Waals surface area contributed by atoms with Crippen molar-refractivity contribution in [3.63, 3.8) is 0 Å². The van der Waals surface area contributed by atoms with Crippen LogP contribution in [0.15, 0.2) is 0 Å². The fraction of sp³-hybridized carbons (Fsp3) is 1.00. The Bertz CT molecular complexity index is 260. The van der Waals surface area contributed by atoms with Crippen molar-refractivity contribution < 1.29 is 41.7 Å². The zero-order valence-electron chi connectivity index (χ0n) is 8.73. The van der Waals surface area contributed by atoms with Gasteiger partial charge in [0.1, 0.15) is 0 Å². The summed E-state index contributed by atoms with van der Waals surface area (Å²) in [6.07, 6.45) is -1.98. The quantitative estimate of drug-likeness (QED) is 0.508. The molecule has 0 saturated carbocycles. The van der Waals surface area contributed by atoms with E-state index in [1.54, 1.807) is 0 Å². The van der Waals surface area contributed by atoms with Crippen LogP contribution in [-0.2, 0) is 0 Å². The summed E-state index contributed by atoms with van der Waals surface area (Å²) in [5.41, 5.74) is 0. The van der Waals surface area contributed by atoms with Gasteiger partial charge in [-0.15, -0.1) is 0 Å². The fourth-order valence-corrected chi connectivity index (χ4v) is 0.996. The van der Waals surface area contributed by atoms with Crippen molar-refractivity contribution in [3.05, 3.63) is 0 Å². The van der Waals surface area contributed by atoms with Gasteiger partial charge in [0.25, 0.3) is 0 Å². The van der Waals surface area contributed by atoms with Crippen LogP contribution in [0.1, 0.15) is 26.2 Å². The SMILES string of the molecule is CCCCC(F)(F)C(F)(F)C(F)(F)C(O)(O)O. The van der Waals surface area contributed by atoms with Crippen molar-refractivity contribution in [2.75, 3.05) is 0 Å². The van der Waals surface area contributed by atoms with E-state index in [0.29, 0.717) is 0 Å². The Morgan fingerprint density at radius 2 is 1.24 bits per heavy atom. The van der Waals surface area contributed by atoms with E-state index >= 15 is 0 Å². The predicted octanol–water partition coefficient (Wildman–Crippen LogP) is 1.71. The molecule has 0 aliphatic heterocycles. The van der Waals surface area contributed by atoms with Crippen molar-refractivity contribution in [1.82, 2.24) is 0 Å². The zero-order valence-corrected chi connectivity index (χ0v) is 8.73. The van der Waals surface area contributed by atoms with Crippen LogP contribution in [0.3, 0.4) is 0 Å². The van der Waals surface area contributed by atoms with Crippen LogP contribution in [0.2, 0.25) is 0 Å². The van der Waals surface area contributed by atoms with Gasteiger partial charge < -0.3 is 15.3 Å². The molecule has 0 unspecified atom stereocenters. The molecule has 0 aromatic heterocycles. The third-order valence-corrected chi connectivity index (χ3v) is 2.12. The molecule has 0 bridgehead atoms. The van der Waals surface area contributed by atoms with Crippen molar-refractivity contribution in [2.24, 2.45) is 0 Å². The lowest BCUT2D eigenvalue weighted by Gasteiger charge is -2.36. The zero-order chi connectivity index (χ0) is 14.1. The maximum absolute atomic E-state index is 12.9. The van der Waals surface area contributed by atoms with Crippen molar-refractivity contribution in [2.45, 2.75) is 49.9 Å². The number of alkyl halides is 6. The highest BCUT2D eigenvalue weighted by molar-refractivity contribution is 4.99. The fourth-order valence-electron chi connectivity index (χ4n) is 0.996. The summed E-state index contributed by atoms with van der Waals surface area (Å²) >= 11 is 0. The molecule has 0 amide bonds. The third-order valence-electron chi connectivity index (χ3n) is 2.12. The van der Waals surface area contributed by atoms with Crippen LogP contribution in [0.25, 0.3) is 0 Å². The summed E-state index contributed by atoms with van der Waals surface area (Å²) in [6.45, 7) is 1.38. The highest BCUT2D eigenvalue weighted by Crippen LogP contribution is 2.50. The first-order valence-electron chi connectivity index (χ1n) is 4.62. The molecule has 0 atom stereocenters. The number of aliphatic hydroxyl groups is 3. The Balaban J connectivity index is 5.24. The van der Waals surface area contributed by atoms with Gasteiger partial charge in [-0.1, -0.05) is 13.3 Å². The second-order valence-corrected chi connectivity index (χ2v) is 3.59. The molecule has 104 valence electrons. The molecule has 0 rings (SSSR count). The molecule has 3 N–H and O–H groups in total. The highest BCUT2D eigenvalue weighted by atomic mass is 19.3. The van der Waals surface area contributed by atoms with E-state index in [1.807, 2.05) is 0 Å². The monoisotopic (exact) mass is 270 g/mol. The molecule has 9 heteroatoms. The molecule has 3 nitrogen and oxygen atoms in total. The predicted molar refractivity (Wildman–Crippen MR) is 43.8 cm³/mol. The van der Waals surface area contributed by atoms with E-state index in [9.17, 15) is 26.3 Å². The number of unbranched alkanes of at least 4 members (excludes halogenated alkanes) is 1. The minimum atomic E-state index is -6.10. The van der Waals surface area contributed by atoms with Crippen molar-refractivity contribution in [1.29, 1.82) is 0 Å². The molecule has 0 radical (unpaired) electrons. The summed E-state index contributed by atoms with van der Waals surface area (Å²) in [5, 5.41) is 24.1. The van der Waals surface area contributed by atoms with Crippen molar-refractivity contribution in [3.8, 4) is 0 Å². The van der Waals surface area contributed by atoms with Gasteiger partial charge in [-0.3, -0.25) is 0 Å². The van der Waals surface area contributed by atoms with Crippen LogP contribution >= 0.6 is 0 Å². The molecule has 0 saturated heterocycles. The van der Waals surface area contributed by atoms with Crippen LogP contribution in [0.5, 0.6) is 0 Å². The molecule has 0 aromatic carbocycles. The number of rotatable bonds is 6. The lowest BCUT2D eigenvalue weighted by molar-refractivity contribution is -0.465. The largest absolute Gasteiger partial charge is 0.395 e. The topological polar surface area (TPSA) is 60.7 Å². The van der Waals surface area contributed by atoms with Gasteiger partial charge in [0.15, 0.2) is 0 Å². The molecule has 0 fully saturated rings. The summed E-state index contributed by atoms with van der Waals surface area (Å²) < 4.78 is 76.6. The van der Waals surface area contributed by atoms with Crippen LogP contribution in [0.4, 0.5) is 26.3 Å². The lowest BCUT2D eigenvalue weighted by Crippen LogP contribution is -2.65. The minimum Gasteiger partial charge on any atom is -0.339 e. The van der Waals surface area contributed by atoms with Gasteiger partial charge >= 0.3 is 23.7 Å². The van der Waals surface area contributed by atoms with E-state index < -0.39 is 36.6 Å². The summed E-state index contributed by atoms with van der Waals surface area (Å²) in [6, 6.07) is 0. The second-order valence-electron chi connectivity index (χ2n) is 3.59. The molecular weight excluding hydrogens is 258 g/mol. The first-order chi connectivity index (χ1) is 7.31. The van der Waals surface area contributed by atoms with E-state index in [2.05, 4.69) is 0 Å². The van der Waals surface area contributed by atoms with Crippen LogP contribution in [0, 0.1) is 0 Å². The van der Waals surface area contributed by atoms with Gasteiger partial charge in [0, 0.05) is 6.42 Å². The number of hydrogen-bond donors (Lipinski definition) is 3. The van der Waals surface area contributed by atoms with Gasteiger partial charge in [0.2, 0.25) is 0 Å². The Labute approximate surface area is 92.7 Å². The average molecular weight is 270 g/mol. The van der Waals surface area contributed by atoms with E-state index in [-0.39, 0.29) is 6.42 Å². The smallest absolute Gasteiger partial charge is 0.339 e. The molecule has 0 aromatic rings. The van der Waals surface area contributed by atoms with E-state index in [1.165, 1.54) is 6.92 Å². The maximum Gasteiger partial charge on any atom is 0.395 e. The average Bonchev–Trinajstić information content (AvgIpc) is 2.12. The Morgan fingerprint density at radius 1 is 0.824 bits per heavy atom. The van der Waals surface area contributed by atoms with Crippen LogP contribution in [-0.4, -0.2) is 39.1 Å². The van der Waals surface area contributed by atoms with Gasteiger partial charge in [-0.2, -0.15) is 26.3 Å². The Hall–Kier alpha value is -0.540. The van der Waals surface area contributed by atoms with E-state index in [4.69, 9.17) is 15.3 Å². The molecule has 17 heavy (non-hydrogen) atoms. The van der Waals surface area contributed by atoms with Crippen molar-refractivity contribution >= 4 is 0 Å². The maximum atomic E-state index is 12.9. The normalized spacial score (nSPS) is 15.2. The first-order valence-corrected chi connectivity index (χ1v) is 4.62. The standard InChI is InChI=1S/C8H12F6O3/c1-2-3-4-5(9,10)6(11,12)7(13,14)8(15,16)17/h15-17H,2-4H2,1H3. The Morgan fingerprint density at radius 3 is 1.53 bits per heavy atom.